The van der Waals surface area contributed by atoms with Crippen molar-refractivity contribution >= 4 is 17.7 Å². The molecule has 0 saturated carbocycles. The second kappa shape index (κ2) is 7.06. The Labute approximate surface area is 82.4 Å². The first-order valence-electron chi connectivity index (χ1n) is 4.43. The van der Waals surface area contributed by atoms with Gasteiger partial charge >= 0.3 is 11.9 Å². The van der Waals surface area contributed by atoms with Crippen molar-refractivity contribution < 1.29 is 23.9 Å². The van der Waals surface area contributed by atoms with Crippen LogP contribution in [0.25, 0.3) is 0 Å². The third-order valence-electron chi connectivity index (χ3n) is 1.37. The number of hydrogen-bond donors (Lipinski definition) is 0. The Balaban J connectivity index is 3.56. The zero-order valence-corrected chi connectivity index (χ0v) is 8.37. The van der Waals surface area contributed by atoms with Crippen molar-refractivity contribution in [3.8, 4) is 0 Å². The second-order valence-electron chi connectivity index (χ2n) is 2.57. The highest BCUT2D eigenvalue weighted by Gasteiger charge is 2.08. The summed E-state index contributed by atoms with van der Waals surface area (Å²) in [5.74, 6) is -1.31. The van der Waals surface area contributed by atoms with Crippen LogP contribution in [0, 0.1) is 0 Å². The number of hydrogen-bond acceptors (Lipinski definition) is 5. The van der Waals surface area contributed by atoms with Gasteiger partial charge in [-0.1, -0.05) is 13.8 Å². The predicted molar refractivity (Wildman–Crippen MR) is 47.5 cm³/mol. The van der Waals surface area contributed by atoms with E-state index in [-0.39, 0.29) is 26.1 Å². The molecule has 0 rings (SSSR count). The molecular formula is C9H14O5. The Hall–Kier alpha value is -1.39. The molecule has 0 saturated heterocycles. The van der Waals surface area contributed by atoms with E-state index in [1.165, 1.54) is 0 Å². The van der Waals surface area contributed by atoms with Gasteiger partial charge < -0.3 is 9.47 Å². The van der Waals surface area contributed by atoms with E-state index in [9.17, 15) is 14.4 Å². The summed E-state index contributed by atoms with van der Waals surface area (Å²) in [6.07, 6.45) is 0.448. The number of esters is 2. The summed E-state index contributed by atoms with van der Waals surface area (Å²) < 4.78 is 9.08. The van der Waals surface area contributed by atoms with Gasteiger partial charge in [-0.25, -0.2) is 0 Å². The molecule has 5 nitrogen and oxygen atoms in total. The molecule has 0 atom stereocenters. The largest absolute Gasteiger partial charge is 0.458 e. The lowest BCUT2D eigenvalue weighted by Crippen LogP contribution is -2.19. The van der Waals surface area contributed by atoms with Crippen LogP contribution >= 0.6 is 0 Å². The van der Waals surface area contributed by atoms with E-state index in [2.05, 4.69) is 9.47 Å². The number of carbonyl (C=O) groups excluding carboxylic acids is 3. The lowest BCUT2D eigenvalue weighted by molar-refractivity contribution is -0.152. The van der Waals surface area contributed by atoms with E-state index in [1.54, 1.807) is 13.8 Å². The molecule has 0 bridgehead atoms. The summed E-state index contributed by atoms with van der Waals surface area (Å²) in [7, 11) is 0. The molecule has 0 N–H and O–H groups in total. The molecule has 0 radical (unpaired) electrons. The zero-order chi connectivity index (χ0) is 11.0. The first-order chi connectivity index (χ1) is 6.60. The van der Waals surface area contributed by atoms with Crippen LogP contribution in [-0.2, 0) is 23.9 Å². The van der Waals surface area contributed by atoms with Crippen LogP contribution in [0.5, 0.6) is 0 Å². The molecule has 80 valence electrons. The zero-order valence-electron chi connectivity index (χ0n) is 8.37. The van der Waals surface area contributed by atoms with E-state index in [1.807, 2.05) is 0 Å². The Morgan fingerprint density at radius 1 is 0.857 bits per heavy atom. The molecule has 0 aliphatic carbocycles. The smallest absolute Gasteiger partial charge is 0.305 e. The molecule has 0 aliphatic heterocycles. The van der Waals surface area contributed by atoms with Crippen LogP contribution in [0.3, 0.4) is 0 Å². The number of carbonyl (C=O) groups is 3. The van der Waals surface area contributed by atoms with Crippen molar-refractivity contribution in [3.63, 3.8) is 0 Å². The van der Waals surface area contributed by atoms with E-state index in [0.717, 1.165) is 0 Å². The van der Waals surface area contributed by atoms with Gasteiger partial charge in [-0.3, -0.25) is 14.4 Å². The van der Waals surface area contributed by atoms with E-state index < -0.39 is 17.7 Å². The second-order valence-corrected chi connectivity index (χ2v) is 2.57. The Morgan fingerprint density at radius 3 is 1.50 bits per heavy atom. The van der Waals surface area contributed by atoms with Gasteiger partial charge in [0.05, 0.1) is 0 Å². The molecule has 5 heteroatoms. The fraction of sp³-hybridized carbons (Fsp3) is 0.667. The molecule has 0 unspecified atom stereocenters. The molecule has 0 fully saturated rings. The van der Waals surface area contributed by atoms with Crippen LogP contribution in [0.1, 0.15) is 26.7 Å². The summed E-state index contributed by atoms with van der Waals surface area (Å²) in [6, 6.07) is 0. The molecule has 0 aromatic carbocycles. The van der Waals surface area contributed by atoms with Crippen LogP contribution in [0.4, 0.5) is 0 Å². The predicted octanol–water partition coefficient (Wildman–Crippen LogP) is 0.462. The maximum absolute atomic E-state index is 10.9. The van der Waals surface area contributed by atoms with Crippen molar-refractivity contribution in [2.45, 2.75) is 26.7 Å². The topological polar surface area (TPSA) is 69.7 Å². The standard InChI is InChI=1S/C9H14O5/c1-3-8(11)13-5-7(10)6-14-9(12)4-2/h3-6H2,1-2H3. The molecule has 0 amide bonds. The molecule has 0 aromatic heterocycles. The lowest BCUT2D eigenvalue weighted by atomic mass is 10.4. The number of Topliss-reactive ketones (excluding diaryl/α,β-unsaturated/α-hetero) is 1. The normalized spacial score (nSPS) is 9.29. The van der Waals surface area contributed by atoms with Crippen molar-refractivity contribution in [2.24, 2.45) is 0 Å². The minimum atomic E-state index is -0.444. The minimum Gasteiger partial charge on any atom is -0.458 e. The first kappa shape index (κ1) is 12.6. The monoisotopic (exact) mass is 202 g/mol. The number of ketones is 1. The molecule has 0 aliphatic rings. The van der Waals surface area contributed by atoms with Gasteiger partial charge in [-0.15, -0.1) is 0 Å². The molecule has 0 spiro atoms. The van der Waals surface area contributed by atoms with Crippen LogP contribution in [0.2, 0.25) is 0 Å². The number of ether oxygens (including phenoxy) is 2. The Morgan fingerprint density at radius 2 is 1.21 bits per heavy atom. The molecule has 0 aromatic rings. The summed E-state index contributed by atoms with van der Waals surface area (Å²) in [4.78, 5) is 32.2. The van der Waals surface area contributed by atoms with Gasteiger partial charge in [0, 0.05) is 12.8 Å². The highest BCUT2D eigenvalue weighted by molar-refractivity contribution is 5.85. The third-order valence-corrected chi connectivity index (χ3v) is 1.37. The van der Waals surface area contributed by atoms with Gasteiger partial charge in [-0.2, -0.15) is 0 Å². The van der Waals surface area contributed by atoms with Gasteiger partial charge in [-0.05, 0) is 0 Å². The molecule has 14 heavy (non-hydrogen) atoms. The fourth-order valence-electron chi connectivity index (χ4n) is 0.568. The molecule has 0 heterocycles. The Kier molecular flexibility index (Phi) is 6.36. The highest BCUT2D eigenvalue weighted by Crippen LogP contribution is 1.88. The van der Waals surface area contributed by atoms with Crippen molar-refractivity contribution in [1.29, 1.82) is 0 Å². The summed E-state index contributed by atoms with van der Waals surface area (Å²) in [5.41, 5.74) is 0. The lowest BCUT2D eigenvalue weighted by Gasteiger charge is -2.03. The minimum absolute atomic E-state index is 0.224. The Bertz CT molecular complexity index is 199. The average Bonchev–Trinajstić information content (AvgIpc) is 2.22. The fourth-order valence-corrected chi connectivity index (χ4v) is 0.568. The van der Waals surface area contributed by atoms with Crippen LogP contribution < -0.4 is 0 Å². The van der Waals surface area contributed by atoms with E-state index in [4.69, 9.17) is 0 Å². The van der Waals surface area contributed by atoms with Gasteiger partial charge in [0.15, 0.2) is 13.2 Å². The summed E-state index contributed by atoms with van der Waals surface area (Å²) in [5, 5.41) is 0. The maximum Gasteiger partial charge on any atom is 0.305 e. The number of rotatable bonds is 6. The van der Waals surface area contributed by atoms with Gasteiger partial charge in [0.2, 0.25) is 5.78 Å². The van der Waals surface area contributed by atoms with E-state index >= 15 is 0 Å². The highest BCUT2D eigenvalue weighted by atomic mass is 16.6. The van der Waals surface area contributed by atoms with Crippen molar-refractivity contribution in [2.75, 3.05) is 13.2 Å². The van der Waals surface area contributed by atoms with Crippen LogP contribution in [0.15, 0.2) is 0 Å². The van der Waals surface area contributed by atoms with Gasteiger partial charge in [0.25, 0.3) is 0 Å². The van der Waals surface area contributed by atoms with E-state index in [0.29, 0.717) is 0 Å². The summed E-state index contributed by atoms with van der Waals surface area (Å²) >= 11 is 0. The van der Waals surface area contributed by atoms with Crippen molar-refractivity contribution in [1.82, 2.24) is 0 Å². The molecular weight excluding hydrogens is 188 g/mol. The average molecular weight is 202 g/mol. The van der Waals surface area contributed by atoms with Crippen molar-refractivity contribution in [3.05, 3.63) is 0 Å². The first-order valence-corrected chi connectivity index (χ1v) is 4.43. The summed E-state index contributed by atoms with van der Waals surface area (Å²) in [6.45, 7) is 2.60. The third kappa shape index (κ3) is 6.16. The SMILES string of the molecule is CCC(=O)OCC(=O)COC(=O)CC. The van der Waals surface area contributed by atoms with Gasteiger partial charge in [0.1, 0.15) is 0 Å². The quantitative estimate of drug-likeness (QED) is 0.585. The van der Waals surface area contributed by atoms with Crippen LogP contribution in [-0.4, -0.2) is 30.9 Å². The maximum atomic E-state index is 10.9.